The van der Waals surface area contributed by atoms with Crippen molar-refractivity contribution < 1.29 is 18.7 Å². The van der Waals surface area contributed by atoms with Gasteiger partial charge in [0.2, 0.25) is 5.89 Å². The van der Waals surface area contributed by atoms with Crippen LogP contribution < -0.4 is 5.32 Å². The van der Waals surface area contributed by atoms with E-state index in [4.69, 9.17) is 20.8 Å². The van der Waals surface area contributed by atoms with Crippen LogP contribution in [0.1, 0.15) is 32.1 Å². The Hall–Kier alpha value is -2.06. The number of aromatic nitrogens is 2. The number of amides is 1. The number of rotatable bonds is 7. The van der Waals surface area contributed by atoms with Gasteiger partial charge in [-0.2, -0.15) is 0 Å². The van der Waals surface area contributed by atoms with Gasteiger partial charge in [0.05, 0.1) is 0 Å². The molecule has 1 aliphatic carbocycles. The summed E-state index contributed by atoms with van der Waals surface area (Å²) in [6.45, 7) is -0.268. The molecule has 0 radical (unpaired) electrons. The molecule has 0 unspecified atom stereocenters. The second-order valence-corrected chi connectivity index (χ2v) is 7.59. The Morgan fingerprint density at radius 2 is 1.93 bits per heavy atom. The Kier molecular flexibility index (Phi) is 7.11. The molecule has 0 spiro atoms. The monoisotopic (exact) mass is 409 g/mol. The Morgan fingerprint density at radius 1 is 1.19 bits per heavy atom. The Morgan fingerprint density at radius 3 is 2.67 bits per heavy atom. The van der Waals surface area contributed by atoms with Crippen LogP contribution in [-0.2, 0) is 14.3 Å². The van der Waals surface area contributed by atoms with Gasteiger partial charge in [-0.3, -0.25) is 9.59 Å². The van der Waals surface area contributed by atoms with Crippen molar-refractivity contribution in [3.63, 3.8) is 0 Å². The van der Waals surface area contributed by atoms with Gasteiger partial charge in [0.15, 0.2) is 6.61 Å². The summed E-state index contributed by atoms with van der Waals surface area (Å²) >= 11 is 6.91. The zero-order chi connectivity index (χ0) is 19.1. The lowest BCUT2D eigenvalue weighted by Crippen LogP contribution is -2.38. The summed E-state index contributed by atoms with van der Waals surface area (Å²) in [4.78, 5) is 23.6. The summed E-state index contributed by atoms with van der Waals surface area (Å²) in [7, 11) is 0. The zero-order valence-corrected chi connectivity index (χ0v) is 16.2. The molecule has 1 fully saturated rings. The maximum absolute atomic E-state index is 11.8. The van der Waals surface area contributed by atoms with Crippen molar-refractivity contribution in [3.8, 4) is 11.5 Å². The Balaban J connectivity index is 1.39. The van der Waals surface area contributed by atoms with Crippen LogP contribution in [0.15, 0.2) is 33.9 Å². The van der Waals surface area contributed by atoms with Gasteiger partial charge >= 0.3 is 5.97 Å². The van der Waals surface area contributed by atoms with Gasteiger partial charge in [-0.25, -0.2) is 0 Å². The lowest BCUT2D eigenvalue weighted by atomic mass is 9.95. The molecule has 0 bridgehead atoms. The number of ether oxygens (including phenoxy) is 1. The molecule has 1 saturated carbocycles. The predicted molar refractivity (Wildman–Crippen MR) is 101 cm³/mol. The summed E-state index contributed by atoms with van der Waals surface area (Å²) in [6, 6.07) is 7.18. The fourth-order valence-electron chi connectivity index (χ4n) is 2.80. The second kappa shape index (κ2) is 9.75. The first kappa shape index (κ1) is 19.7. The highest BCUT2D eigenvalue weighted by atomic mass is 35.5. The molecule has 0 aliphatic heterocycles. The molecule has 144 valence electrons. The molecular weight excluding hydrogens is 390 g/mol. The van der Waals surface area contributed by atoms with Crippen LogP contribution in [0.25, 0.3) is 11.5 Å². The molecular formula is C18H20ClN3O4S. The topological polar surface area (TPSA) is 94.3 Å². The van der Waals surface area contributed by atoms with E-state index in [2.05, 4.69) is 15.5 Å². The minimum Gasteiger partial charge on any atom is -0.455 e. The fourth-order valence-corrected chi connectivity index (χ4v) is 3.49. The van der Waals surface area contributed by atoms with E-state index < -0.39 is 5.97 Å². The molecule has 1 N–H and O–H groups in total. The molecule has 0 saturated heterocycles. The van der Waals surface area contributed by atoms with Crippen LogP contribution in [0, 0.1) is 0 Å². The quantitative estimate of drug-likeness (QED) is 0.552. The number of hydrogen-bond donors (Lipinski definition) is 1. The van der Waals surface area contributed by atoms with Crippen molar-refractivity contribution in [3.05, 3.63) is 29.3 Å². The minimum absolute atomic E-state index is 0.0149. The number of halogens is 1. The average Bonchev–Trinajstić information content (AvgIpc) is 3.15. The number of hydrogen-bond acceptors (Lipinski definition) is 7. The highest BCUT2D eigenvalue weighted by Gasteiger charge is 2.17. The van der Waals surface area contributed by atoms with Crippen molar-refractivity contribution in [1.29, 1.82) is 0 Å². The summed E-state index contributed by atoms with van der Waals surface area (Å²) in [5.74, 6) is -0.443. The maximum atomic E-state index is 11.8. The normalized spacial score (nSPS) is 14.7. The van der Waals surface area contributed by atoms with Crippen LogP contribution in [0.2, 0.25) is 5.02 Å². The molecule has 1 aromatic heterocycles. The fraction of sp³-hybridized carbons (Fsp3) is 0.444. The average molecular weight is 410 g/mol. The van der Waals surface area contributed by atoms with E-state index in [9.17, 15) is 9.59 Å². The van der Waals surface area contributed by atoms with Crippen LogP contribution in [0.5, 0.6) is 0 Å². The van der Waals surface area contributed by atoms with Gasteiger partial charge in [0, 0.05) is 16.6 Å². The van der Waals surface area contributed by atoms with E-state index in [0.717, 1.165) is 43.0 Å². The third-order valence-corrected chi connectivity index (χ3v) is 5.19. The van der Waals surface area contributed by atoms with E-state index in [1.807, 2.05) is 0 Å². The lowest BCUT2D eigenvalue weighted by molar-refractivity contribution is -0.146. The van der Waals surface area contributed by atoms with Gasteiger partial charge in [-0.1, -0.05) is 42.6 Å². The van der Waals surface area contributed by atoms with Gasteiger partial charge in [-0.15, -0.1) is 10.2 Å². The van der Waals surface area contributed by atoms with E-state index >= 15 is 0 Å². The Labute approximate surface area is 166 Å². The maximum Gasteiger partial charge on any atom is 0.316 e. The minimum atomic E-state index is -0.509. The van der Waals surface area contributed by atoms with Gasteiger partial charge in [0.1, 0.15) is 5.75 Å². The van der Waals surface area contributed by atoms with E-state index in [1.165, 1.54) is 6.42 Å². The highest BCUT2D eigenvalue weighted by Crippen LogP contribution is 2.24. The third kappa shape index (κ3) is 6.25. The molecule has 1 aliphatic rings. The van der Waals surface area contributed by atoms with Crippen molar-refractivity contribution in [2.24, 2.45) is 0 Å². The van der Waals surface area contributed by atoms with E-state index in [1.54, 1.807) is 24.3 Å². The summed E-state index contributed by atoms with van der Waals surface area (Å²) in [5.41, 5.74) is 0.737. The smallest absolute Gasteiger partial charge is 0.316 e. The van der Waals surface area contributed by atoms with Crippen LogP contribution in [0.4, 0.5) is 0 Å². The van der Waals surface area contributed by atoms with Crippen LogP contribution in [0.3, 0.4) is 0 Å². The molecule has 0 atom stereocenters. The molecule has 3 rings (SSSR count). The molecule has 2 aromatic rings. The number of thioether (sulfide) groups is 1. The summed E-state index contributed by atoms with van der Waals surface area (Å²) < 4.78 is 10.5. The first-order chi connectivity index (χ1) is 13.1. The van der Waals surface area contributed by atoms with E-state index in [-0.39, 0.29) is 29.5 Å². The number of carbonyl (C=O) groups is 2. The third-order valence-electron chi connectivity index (χ3n) is 4.15. The predicted octanol–water partition coefficient (Wildman–Crippen LogP) is 3.47. The van der Waals surface area contributed by atoms with Crippen LogP contribution in [-0.4, -0.2) is 40.5 Å². The largest absolute Gasteiger partial charge is 0.455 e. The standard InChI is InChI=1S/C18H20ClN3O4S/c19-13-8-6-12(7-9-13)17-21-22-18(26-17)27-11-16(24)25-10-15(23)20-14-4-2-1-3-5-14/h6-9,14H,1-5,10-11H2,(H,20,23). The SMILES string of the molecule is O=C(COC(=O)CSc1nnc(-c2ccc(Cl)cc2)o1)NC1CCCCC1. The molecule has 1 aromatic carbocycles. The summed E-state index contributed by atoms with van der Waals surface area (Å²) in [6.07, 6.45) is 5.45. The summed E-state index contributed by atoms with van der Waals surface area (Å²) in [5, 5.41) is 11.6. The van der Waals surface area contributed by atoms with Crippen molar-refractivity contribution >= 4 is 35.2 Å². The van der Waals surface area contributed by atoms with E-state index in [0.29, 0.717) is 10.9 Å². The lowest BCUT2D eigenvalue weighted by Gasteiger charge is -2.22. The highest BCUT2D eigenvalue weighted by molar-refractivity contribution is 7.99. The molecule has 7 nitrogen and oxygen atoms in total. The number of carbonyl (C=O) groups excluding carboxylic acids is 2. The van der Waals surface area contributed by atoms with Crippen molar-refractivity contribution in [2.75, 3.05) is 12.4 Å². The van der Waals surface area contributed by atoms with Gasteiger partial charge in [0.25, 0.3) is 11.1 Å². The zero-order valence-electron chi connectivity index (χ0n) is 14.7. The molecule has 27 heavy (non-hydrogen) atoms. The molecule has 9 heteroatoms. The van der Waals surface area contributed by atoms with Gasteiger partial charge in [-0.05, 0) is 37.1 Å². The molecule has 1 amide bonds. The number of esters is 1. The second-order valence-electron chi connectivity index (χ2n) is 6.23. The van der Waals surface area contributed by atoms with Crippen LogP contribution >= 0.6 is 23.4 Å². The first-order valence-corrected chi connectivity index (χ1v) is 10.1. The van der Waals surface area contributed by atoms with Crippen molar-refractivity contribution in [1.82, 2.24) is 15.5 Å². The Bertz CT molecular complexity index is 775. The number of benzene rings is 1. The molecule has 1 heterocycles. The number of nitrogens with zero attached hydrogens (tertiary/aromatic N) is 2. The first-order valence-electron chi connectivity index (χ1n) is 8.77. The number of nitrogens with one attached hydrogen (secondary N) is 1. The van der Waals surface area contributed by atoms with Crippen molar-refractivity contribution in [2.45, 2.75) is 43.4 Å². The van der Waals surface area contributed by atoms with Gasteiger partial charge < -0.3 is 14.5 Å².